The number of benzene rings is 2. The first-order chi connectivity index (χ1) is 16.6. The smallest absolute Gasteiger partial charge is 0.119 e. The van der Waals surface area contributed by atoms with Crippen LogP contribution in [0.1, 0.15) is 48.2 Å². The van der Waals surface area contributed by atoms with Gasteiger partial charge in [-0.25, -0.2) is 4.39 Å². The van der Waals surface area contributed by atoms with Gasteiger partial charge in [-0.1, -0.05) is 74.7 Å². The fraction of sp³-hybridized carbons (Fsp3) is 0.310. The van der Waals surface area contributed by atoms with Crippen molar-refractivity contribution in [3.8, 4) is 0 Å². The van der Waals surface area contributed by atoms with Crippen LogP contribution in [0.5, 0.6) is 0 Å². The molecule has 34 heavy (non-hydrogen) atoms. The third kappa shape index (κ3) is 7.55. The second kappa shape index (κ2) is 13.3. The monoisotopic (exact) mass is 458 g/mol. The summed E-state index contributed by atoms with van der Waals surface area (Å²) in [5.74, 6) is 0. The molecule has 2 atom stereocenters. The standard InChI is InChI=1S/C17H19N.C12H16FN3/c1-3-14-10-12-16(13-11-14)17(18-4-2)15-8-6-5-7-9-15;1-10(16-7-4-11(13)9-16)2-3-12-8-14-5-6-15-12/h4-13,17-18H,2-3H2,1H3;5-6,8,11H,1-4,7,9H2. The van der Waals surface area contributed by atoms with Crippen LogP contribution >= 0.6 is 0 Å². The second-order valence-electron chi connectivity index (χ2n) is 8.40. The molecule has 4 rings (SSSR count). The van der Waals surface area contributed by atoms with E-state index in [0.717, 1.165) is 37.2 Å². The highest BCUT2D eigenvalue weighted by atomic mass is 19.1. The summed E-state index contributed by atoms with van der Waals surface area (Å²) in [7, 11) is 0. The summed E-state index contributed by atoms with van der Waals surface area (Å²) in [6.07, 6.45) is 9.52. The Bertz CT molecular complexity index is 1010. The molecule has 1 N–H and O–H groups in total. The number of hydrogen-bond acceptors (Lipinski definition) is 4. The molecule has 0 amide bonds. The Balaban J connectivity index is 0.000000192. The topological polar surface area (TPSA) is 41.1 Å². The zero-order valence-corrected chi connectivity index (χ0v) is 20.0. The van der Waals surface area contributed by atoms with Crippen LogP contribution in [0, 0.1) is 0 Å². The number of likely N-dealkylation sites (tertiary alicyclic amines) is 1. The molecule has 2 aromatic carbocycles. The van der Waals surface area contributed by atoms with Crippen LogP contribution in [-0.4, -0.2) is 34.1 Å². The van der Waals surface area contributed by atoms with Gasteiger partial charge in [0.15, 0.2) is 0 Å². The molecule has 2 heterocycles. The number of nitrogens with zero attached hydrogens (tertiary/aromatic N) is 3. The van der Waals surface area contributed by atoms with Gasteiger partial charge >= 0.3 is 0 Å². The molecule has 4 nitrogen and oxygen atoms in total. The Morgan fingerprint density at radius 1 is 1.15 bits per heavy atom. The second-order valence-corrected chi connectivity index (χ2v) is 8.40. The van der Waals surface area contributed by atoms with E-state index in [9.17, 15) is 4.39 Å². The Hall–Kier alpha value is -3.47. The molecule has 0 aliphatic carbocycles. The first kappa shape index (κ1) is 25.2. The van der Waals surface area contributed by atoms with Crippen LogP contribution in [0.2, 0.25) is 0 Å². The van der Waals surface area contributed by atoms with Gasteiger partial charge in [0.2, 0.25) is 0 Å². The molecule has 1 aromatic heterocycles. The highest BCUT2D eigenvalue weighted by Crippen LogP contribution is 2.22. The average Bonchev–Trinajstić information content (AvgIpc) is 3.34. The minimum atomic E-state index is -0.687. The molecule has 1 aliphatic heterocycles. The molecule has 0 radical (unpaired) electrons. The maximum atomic E-state index is 13.0. The van der Waals surface area contributed by atoms with Crippen molar-refractivity contribution in [3.05, 3.63) is 121 Å². The first-order valence-electron chi connectivity index (χ1n) is 11.9. The summed E-state index contributed by atoms with van der Waals surface area (Å²) in [5, 5.41) is 3.32. The van der Waals surface area contributed by atoms with Crippen LogP contribution in [0.15, 0.2) is 98.2 Å². The lowest BCUT2D eigenvalue weighted by molar-refractivity contribution is 0.320. The van der Waals surface area contributed by atoms with Gasteiger partial charge in [-0.3, -0.25) is 9.97 Å². The van der Waals surface area contributed by atoms with Gasteiger partial charge in [-0.05, 0) is 48.6 Å². The van der Waals surface area contributed by atoms with E-state index < -0.39 is 6.17 Å². The number of rotatable bonds is 9. The number of aryl methyl sites for hydroxylation is 2. The Morgan fingerprint density at radius 2 is 1.88 bits per heavy atom. The molecule has 1 aliphatic rings. The lowest BCUT2D eigenvalue weighted by Gasteiger charge is -2.19. The number of allylic oxidation sites excluding steroid dienone is 1. The molecule has 0 saturated carbocycles. The van der Waals surface area contributed by atoms with Gasteiger partial charge in [-0.2, -0.15) is 0 Å². The van der Waals surface area contributed by atoms with E-state index in [2.05, 4.69) is 83.9 Å². The van der Waals surface area contributed by atoms with Gasteiger partial charge in [-0.15, -0.1) is 0 Å². The fourth-order valence-corrected chi connectivity index (χ4v) is 3.99. The zero-order valence-electron chi connectivity index (χ0n) is 20.0. The predicted molar refractivity (Wildman–Crippen MR) is 138 cm³/mol. The molecule has 2 unspecified atom stereocenters. The van der Waals surface area contributed by atoms with Gasteiger partial charge in [0.1, 0.15) is 6.17 Å². The summed E-state index contributed by atoms with van der Waals surface area (Å²) in [6.45, 7) is 11.2. The Morgan fingerprint density at radius 3 is 2.47 bits per heavy atom. The van der Waals surface area contributed by atoms with E-state index in [0.29, 0.717) is 13.0 Å². The fourth-order valence-electron chi connectivity index (χ4n) is 3.99. The van der Waals surface area contributed by atoms with E-state index in [1.807, 2.05) is 11.0 Å². The Kier molecular flexibility index (Phi) is 9.83. The van der Waals surface area contributed by atoms with Crippen LogP contribution in [0.4, 0.5) is 4.39 Å². The highest BCUT2D eigenvalue weighted by Gasteiger charge is 2.22. The van der Waals surface area contributed by atoms with Gasteiger partial charge < -0.3 is 10.2 Å². The molecule has 0 spiro atoms. The lowest BCUT2D eigenvalue weighted by Crippen LogP contribution is -2.20. The highest BCUT2D eigenvalue weighted by molar-refractivity contribution is 5.34. The van der Waals surface area contributed by atoms with Crippen molar-refractivity contribution in [2.24, 2.45) is 0 Å². The number of nitrogens with one attached hydrogen (secondary N) is 1. The van der Waals surface area contributed by atoms with E-state index in [-0.39, 0.29) is 6.04 Å². The quantitative estimate of drug-likeness (QED) is 0.425. The van der Waals surface area contributed by atoms with E-state index in [4.69, 9.17) is 0 Å². The molecular weight excluding hydrogens is 423 g/mol. The average molecular weight is 459 g/mol. The third-order valence-corrected chi connectivity index (χ3v) is 6.00. The summed E-state index contributed by atoms with van der Waals surface area (Å²) in [6, 6.07) is 19.4. The summed E-state index contributed by atoms with van der Waals surface area (Å²) in [5.41, 5.74) is 5.84. The summed E-state index contributed by atoms with van der Waals surface area (Å²) < 4.78 is 13.0. The van der Waals surface area contributed by atoms with Gasteiger partial charge in [0.25, 0.3) is 0 Å². The van der Waals surface area contributed by atoms with Crippen LogP contribution in [0.3, 0.4) is 0 Å². The van der Waals surface area contributed by atoms with Crippen molar-refractivity contribution < 1.29 is 4.39 Å². The molecule has 5 heteroatoms. The first-order valence-corrected chi connectivity index (χ1v) is 11.9. The SMILES string of the molecule is C=C(CCc1cnccn1)N1CCC(F)C1.C=CNC(c1ccccc1)c1ccc(CC)cc1. The van der Waals surface area contributed by atoms with Crippen molar-refractivity contribution in [2.75, 3.05) is 13.1 Å². The largest absolute Gasteiger partial charge is 0.381 e. The van der Waals surface area contributed by atoms with Crippen LogP contribution < -0.4 is 5.32 Å². The maximum Gasteiger partial charge on any atom is 0.119 e. The minimum absolute atomic E-state index is 0.176. The zero-order chi connectivity index (χ0) is 24.2. The normalized spacial score (nSPS) is 15.7. The van der Waals surface area contributed by atoms with Crippen molar-refractivity contribution in [1.82, 2.24) is 20.2 Å². The van der Waals surface area contributed by atoms with Crippen molar-refractivity contribution in [1.29, 1.82) is 0 Å². The number of halogens is 1. The molecule has 3 aromatic rings. The van der Waals surface area contributed by atoms with Crippen LogP contribution in [-0.2, 0) is 12.8 Å². The van der Waals surface area contributed by atoms with E-state index in [1.165, 1.54) is 16.7 Å². The minimum Gasteiger partial charge on any atom is -0.381 e. The van der Waals surface area contributed by atoms with Crippen molar-refractivity contribution in [2.45, 2.75) is 44.8 Å². The van der Waals surface area contributed by atoms with Gasteiger partial charge in [0.05, 0.1) is 11.7 Å². The molecule has 178 valence electrons. The molecule has 1 saturated heterocycles. The van der Waals surface area contributed by atoms with Crippen LogP contribution in [0.25, 0.3) is 0 Å². The van der Waals surface area contributed by atoms with E-state index >= 15 is 0 Å². The summed E-state index contributed by atoms with van der Waals surface area (Å²) >= 11 is 0. The number of aromatic nitrogens is 2. The van der Waals surface area contributed by atoms with Crippen molar-refractivity contribution in [3.63, 3.8) is 0 Å². The third-order valence-electron chi connectivity index (χ3n) is 6.00. The number of alkyl halides is 1. The van der Waals surface area contributed by atoms with E-state index in [1.54, 1.807) is 24.8 Å². The molecule has 1 fully saturated rings. The molecule has 0 bridgehead atoms. The number of hydrogen-bond donors (Lipinski definition) is 1. The van der Waals surface area contributed by atoms with Crippen molar-refractivity contribution >= 4 is 0 Å². The molecular formula is C29H35FN4. The summed E-state index contributed by atoms with van der Waals surface area (Å²) in [4.78, 5) is 10.2. The Labute approximate surface area is 203 Å². The maximum absolute atomic E-state index is 13.0. The lowest BCUT2D eigenvalue weighted by atomic mass is 9.97. The van der Waals surface area contributed by atoms with Gasteiger partial charge in [0, 0.05) is 37.4 Å². The predicted octanol–water partition coefficient (Wildman–Crippen LogP) is 6.04.